The minimum atomic E-state index is -3.75. The molecule has 0 radical (unpaired) electrons. The molecule has 2 heterocycles. The first-order valence-corrected chi connectivity index (χ1v) is 8.07. The lowest BCUT2D eigenvalue weighted by molar-refractivity contribution is 0.236. The summed E-state index contributed by atoms with van der Waals surface area (Å²) in [5.74, 6) is 0.201. The summed E-state index contributed by atoms with van der Waals surface area (Å²) in [6.45, 7) is 1.38. The fraction of sp³-hybridized carbons (Fsp3) is 0.273. The van der Waals surface area contributed by atoms with Crippen molar-refractivity contribution in [1.29, 1.82) is 0 Å². The van der Waals surface area contributed by atoms with Gasteiger partial charge in [0, 0.05) is 4.88 Å². The molecular formula is C11H12ClNO4S2. The fourth-order valence-electron chi connectivity index (χ4n) is 1.50. The molecule has 0 spiro atoms. The lowest BCUT2D eigenvalue weighted by atomic mass is 10.3. The molecule has 0 amide bonds. The molecule has 2 aromatic rings. The third kappa shape index (κ3) is 3.37. The van der Waals surface area contributed by atoms with Gasteiger partial charge in [0.15, 0.2) is 0 Å². The Morgan fingerprint density at radius 3 is 2.68 bits per heavy atom. The first-order chi connectivity index (χ1) is 8.92. The number of aliphatic hydroxyl groups is 1. The zero-order valence-corrected chi connectivity index (χ0v) is 12.3. The van der Waals surface area contributed by atoms with Crippen LogP contribution in [0.25, 0.3) is 0 Å². The Bertz CT molecular complexity index is 662. The van der Waals surface area contributed by atoms with Crippen molar-refractivity contribution < 1.29 is 17.9 Å². The van der Waals surface area contributed by atoms with Crippen molar-refractivity contribution >= 4 is 33.0 Å². The van der Waals surface area contributed by atoms with Gasteiger partial charge in [-0.05, 0) is 31.2 Å². The largest absolute Gasteiger partial charge is 0.446 e. The first-order valence-electron chi connectivity index (χ1n) is 5.39. The zero-order valence-electron chi connectivity index (χ0n) is 9.96. The molecule has 1 atom stereocenters. The summed E-state index contributed by atoms with van der Waals surface area (Å²) in [5.41, 5.74) is 0. The molecule has 0 aliphatic rings. The van der Waals surface area contributed by atoms with Gasteiger partial charge in [-0.1, -0.05) is 11.6 Å². The highest BCUT2D eigenvalue weighted by Gasteiger charge is 2.22. The Labute approximate surface area is 119 Å². The maximum absolute atomic E-state index is 12.0. The van der Waals surface area contributed by atoms with Crippen LogP contribution in [0.3, 0.4) is 0 Å². The topological polar surface area (TPSA) is 79.5 Å². The van der Waals surface area contributed by atoms with Crippen molar-refractivity contribution in [2.75, 3.05) is 0 Å². The number of furan rings is 1. The standard InChI is InChI=1S/C11H12ClNO4S2/c1-7(9-3-4-10(12)18-9)13-19(15,16)11-5-2-8(6-14)17-11/h2-5,7,13-14H,6H2,1H3. The number of halogens is 1. The number of hydrogen-bond donors (Lipinski definition) is 2. The number of sulfonamides is 1. The van der Waals surface area contributed by atoms with Gasteiger partial charge in [0.2, 0.25) is 5.09 Å². The Balaban J connectivity index is 2.17. The maximum atomic E-state index is 12.0. The molecule has 0 aliphatic heterocycles. The van der Waals surface area contributed by atoms with E-state index in [0.29, 0.717) is 4.34 Å². The Morgan fingerprint density at radius 1 is 1.42 bits per heavy atom. The van der Waals surface area contributed by atoms with Crippen LogP contribution in [0.15, 0.2) is 33.8 Å². The van der Waals surface area contributed by atoms with Gasteiger partial charge in [-0.3, -0.25) is 0 Å². The van der Waals surface area contributed by atoms with E-state index in [1.807, 2.05) is 0 Å². The summed E-state index contributed by atoms with van der Waals surface area (Å²) in [5, 5.41) is 8.64. The minimum absolute atomic E-state index is 0.201. The summed E-state index contributed by atoms with van der Waals surface area (Å²) in [6.07, 6.45) is 0. The first kappa shape index (κ1) is 14.5. The van der Waals surface area contributed by atoms with Crippen LogP contribution in [0.5, 0.6) is 0 Å². The van der Waals surface area contributed by atoms with E-state index in [1.165, 1.54) is 23.5 Å². The molecule has 1 unspecified atom stereocenters. The summed E-state index contributed by atoms with van der Waals surface area (Å²) >= 11 is 7.12. The van der Waals surface area contributed by atoms with E-state index < -0.39 is 16.1 Å². The van der Waals surface area contributed by atoms with Crippen LogP contribution in [0, 0.1) is 0 Å². The van der Waals surface area contributed by atoms with Crippen molar-refractivity contribution in [3.05, 3.63) is 39.2 Å². The number of rotatable bonds is 5. The fourth-order valence-corrected chi connectivity index (χ4v) is 3.81. The van der Waals surface area contributed by atoms with Gasteiger partial charge >= 0.3 is 0 Å². The predicted octanol–water partition coefficient (Wildman–Crippen LogP) is 2.53. The molecule has 19 heavy (non-hydrogen) atoms. The molecule has 0 aliphatic carbocycles. The van der Waals surface area contributed by atoms with Gasteiger partial charge in [-0.15, -0.1) is 11.3 Å². The van der Waals surface area contributed by atoms with Crippen LogP contribution < -0.4 is 4.72 Å². The third-order valence-electron chi connectivity index (χ3n) is 2.41. The summed E-state index contributed by atoms with van der Waals surface area (Å²) < 4.78 is 32.2. The van der Waals surface area contributed by atoms with Crippen molar-refractivity contribution in [3.63, 3.8) is 0 Å². The van der Waals surface area contributed by atoms with E-state index >= 15 is 0 Å². The number of thiophene rings is 1. The van der Waals surface area contributed by atoms with Crippen LogP contribution in [0.4, 0.5) is 0 Å². The summed E-state index contributed by atoms with van der Waals surface area (Å²) in [7, 11) is -3.75. The molecule has 2 aromatic heterocycles. The molecule has 2 N–H and O–H groups in total. The van der Waals surface area contributed by atoms with E-state index in [-0.39, 0.29) is 17.5 Å². The van der Waals surface area contributed by atoms with Crippen LogP contribution in [-0.2, 0) is 16.6 Å². The van der Waals surface area contributed by atoms with Gasteiger partial charge in [0.1, 0.15) is 12.4 Å². The second kappa shape index (κ2) is 5.64. The molecule has 0 bridgehead atoms. The third-order valence-corrected chi connectivity index (χ3v) is 5.24. The summed E-state index contributed by atoms with van der Waals surface area (Å²) in [4.78, 5) is 0.808. The van der Waals surface area contributed by atoms with Crippen LogP contribution in [0.2, 0.25) is 4.34 Å². The highest BCUT2D eigenvalue weighted by Crippen LogP contribution is 2.27. The lowest BCUT2D eigenvalue weighted by Crippen LogP contribution is -2.26. The van der Waals surface area contributed by atoms with Gasteiger partial charge in [-0.2, -0.15) is 0 Å². The van der Waals surface area contributed by atoms with Gasteiger partial charge < -0.3 is 9.52 Å². The number of hydrogen-bond acceptors (Lipinski definition) is 5. The van der Waals surface area contributed by atoms with Crippen molar-refractivity contribution in [2.45, 2.75) is 24.7 Å². The van der Waals surface area contributed by atoms with Gasteiger partial charge in [0.05, 0.1) is 10.4 Å². The van der Waals surface area contributed by atoms with Crippen molar-refractivity contribution in [1.82, 2.24) is 4.72 Å². The average molecular weight is 322 g/mol. The van der Waals surface area contributed by atoms with E-state index in [2.05, 4.69) is 4.72 Å². The van der Waals surface area contributed by atoms with Gasteiger partial charge in [-0.25, -0.2) is 13.1 Å². The van der Waals surface area contributed by atoms with E-state index in [1.54, 1.807) is 19.1 Å². The monoisotopic (exact) mass is 321 g/mol. The van der Waals surface area contributed by atoms with Crippen molar-refractivity contribution in [3.8, 4) is 0 Å². The molecular weight excluding hydrogens is 310 g/mol. The molecule has 0 aromatic carbocycles. The molecule has 0 saturated carbocycles. The van der Waals surface area contributed by atoms with E-state index in [0.717, 1.165) is 4.88 Å². The van der Waals surface area contributed by atoms with E-state index in [4.69, 9.17) is 21.1 Å². The van der Waals surface area contributed by atoms with Crippen molar-refractivity contribution in [2.24, 2.45) is 0 Å². The van der Waals surface area contributed by atoms with Gasteiger partial charge in [0.25, 0.3) is 10.0 Å². The summed E-state index contributed by atoms with van der Waals surface area (Å²) in [6, 6.07) is 5.79. The normalized spacial score (nSPS) is 13.6. The second-order valence-corrected chi connectivity index (χ2v) is 7.26. The molecule has 104 valence electrons. The second-order valence-electron chi connectivity index (χ2n) is 3.86. The zero-order chi connectivity index (χ0) is 14.0. The van der Waals surface area contributed by atoms with Crippen LogP contribution in [-0.4, -0.2) is 13.5 Å². The minimum Gasteiger partial charge on any atom is -0.446 e. The Morgan fingerprint density at radius 2 is 2.16 bits per heavy atom. The number of nitrogens with one attached hydrogen (secondary N) is 1. The number of aliphatic hydroxyl groups excluding tert-OH is 1. The molecule has 0 fully saturated rings. The highest BCUT2D eigenvalue weighted by molar-refractivity contribution is 7.89. The van der Waals surface area contributed by atoms with Crippen LogP contribution in [0.1, 0.15) is 23.6 Å². The average Bonchev–Trinajstić information content (AvgIpc) is 2.96. The molecule has 5 nitrogen and oxygen atoms in total. The Hall–Kier alpha value is -0.860. The molecule has 0 saturated heterocycles. The lowest BCUT2D eigenvalue weighted by Gasteiger charge is -2.10. The predicted molar refractivity (Wildman–Crippen MR) is 72.7 cm³/mol. The van der Waals surface area contributed by atoms with E-state index in [9.17, 15) is 8.42 Å². The maximum Gasteiger partial charge on any atom is 0.274 e. The molecule has 2 rings (SSSR count). The smallest absolute Gasteiger partial charge is 0.274 e. The van der Waals surface area contributed by atoms with Crippen LogP contribution >= 0.6 is 22.9 Å². The molecule has 8 heteroatoms. The Kier molecular flexibility index (Phi) is 4.32. The SMILES string of the molecule is CC(NS(=O)(=O)c1ccc(CO)o1)c1ccc(Cl)s1. The highest BCUT2D eigenvalue weighted by atomic mass is 35.5. The quantitative estimate of drug-likeness (QED) is 0.887.